The molecule has 1 amide bonds. The molecule has 6 heteroatoms. The fourth-order valence-electron chi connectivity index (χ4n) is 2.93. The minimum atomic E-state index is -0.465. The standard InChI is InChI=1S/C19H29ClN2O3/c1-14-13-22(11-12-24-16-7-5-15(20)6-8-16)10-9-17(14)21-18(23)25-19(2,3)4/h5-8,14,17H,9-13H2,1-4H3,(H,21,23). The topological polar surface area (TPSA) is 50.8 Å². The molecule has 0 aliphatic carbocycles. The second-order valence-corrected chi connectivity index (χ2v) is 8.06. The van der Waals surface area contributed by atoms with Crippen molar-refractivity contribution in [2.24, 2.45) is 5.92 Å². The van der Waals surface area contributed by atoms with E-state index in [0.717, 1.165) is 31.8 Å². The van der Waals surface area contributed by atoms with Crippen LogP contribution in [-0.2, 0) is 4.74 Å². The average molecular weight is 369 g/mol. The molecule has 0 aromatic heterocycles. The Kier molecular flexibility index (Phi) is 6.96. The van der Waals surface area contributed by atoms with Gasteiger partial charge < -0.3 is 14.8 Å². The molecule has 0 spiro atoms. The highest BCUT2D eigenvalue weighted by molar-refractivity contribution is 6.30. The van der Waals surface area contributed by atoms with Gasteiger partial charge in [0.15, 0.2) is 0 Å². The van der Waals surface area contributed by atoms with Crippen LogP contribution in [0.15, 0.2) is 24.3 Å². The zero-order valence-corrected chi connectivity index (χ0v) is 16.3. The van der Waals surface area contributed by atoms with E-state index < -0.39 is 5.60 Å². The number of carbonyl (C=O) groups excluding carboxylic acids is 1. The second-order valence-electron chi connectivity index (χ2n) is 7.62. The largest absolute Gasteiger partial charge is 0.492 e. The van der Waals surface area contributed by atoms with Crippen LogP contribution >= 0.6 is 11.6 Å². The van der Waals surface area contributed by atoms with Crippen LogP contribution in [0.25, 0.3) is 0 Å². The monoisotopic (exact) mass is 368 g/mol. The lowest BCUT2D eigenvalue weighted by Crippen LogP contribution is -2.51. The van der Waals surface area contributed by atoms with Gasteiger partial charge in [-0.15, -0.1) is 0 Å². The fraction of sp³-hybridized carbons (Fsp3) is 0.632. The van der Waals surface area contributed by atoms with E-state index in [1.165, 1.54) is 0 Å². The number of nitrogens with zero attached hydrogens (tertiary/aromatic N) is 1. The average Bonchev–Trinajstić information content (AvgIpc) is 2.50. The summed E-state index contributed by atoms with van der Waals surface area (Å²) in [5.74, 6) is 1.20. The summed E-state index contributed by atoms with van der Waals surface area (Å²) in [5.41, 5.74) is -0.465. The molecule has 0 saturated carbocycles. The van der Waals surface area contributed by atoms with Gasteiger partial charge in [0.25, 0.3) is 0 Å². The molecule has 1 fully saturated rings. The van der Waals surface area contributed by atoms with Crippen LogP contribution in [0.1, 0.15) is 34.1 Å². The van der Waals surface area contributed by atoms with E-state index in [9.17, 15) is 4.79 Å². The number of piperidine rings is 1. The zero-order chi connectivity index (χ0) is 18.4. The van der Waals surface area contributed by atoms with Gasteiger partial charge in [0.1, 0.15) is 18.0 Å². The summed E-state index contributed by atoms with van der Waals surface area (Å²) in [6.45, 7) is 11.2. The quantitative estimate of drug-likeness (QED) is 0.854. The molecular formula is C19H29ClN2O3. The molecule has 1 saturated heterocycles. The maximum atomic E-state index is 11.9. The molecule has 1 heterocycles. The van der Waals surface area contributed by atoms with Gasteiger partial charge in [0.2, 0.25) is 0 Å². The number of amides is 1. The lowest BCUT2D eigenvalue weighted by Gasteiger charge is -2.37. The van der Waals surface area contributed by atoms with E-state index in [4.69, 9.17) is 21.1 Å². The van der Waals surface area contributed by atoms with E-state index in [-0.39, 0.29) is 12.1 Å². The molecule has 1 aromatic rings. The number of hydrogen-bond acceptors (Lipinski definition) is 4. The van der Waals surface area contributed by atoms with Gasteiger partial charge in [-0.05, 0) is 57.4 Å². The van der Waals surface area contributed by atoms with Gasteiger partial charge >= 0.3 is 6.09 Å². The molecule has 2 rings (SSSR count). The van der Waals surface area contributed by atoms with E-state index in [2.05, 4.69) is 17.1 Å². The van der Waals surface area contributed by atoms with Gasteiger partial charge in [-0.3, -0.25) is 4.90 Å². The van der Waals surface area contributed by atoms with Crippen molar-refractivity contribution in [1.29, 1.82) is 0 Å². The summed E-state index contributed by atoms with van der Waals surface area (Å²) < 4.78 is 11.1. The smallest absolute Gasteiger partial charge is 0.407 e. The minimum Gasteiger partial charge on any atom is -0.492 e. The van der Waals surface area contributed by atoms with Crippen LogP contribution in [0.5, 0.6) is 5.75 Å². The van der Waals surface area contributed by atoms with E-state index in [1.807, 2.05) is 45.0 Å². The number of likely N-dealkylation sites (tertiary alicyclic amines) is 1. The normalized spacial score (nSPS) is 21.6. The van der Waals surface area contributed by atoms with Crippen molar-refractivity contribution in [3.8, 4) is 5.75 Å². The molecule has 5 nitrogen and oxygen atoms in total. The molecule has 1 aliphatic rings. The highest BCUT2D eigenvalue weighted by atomic mass is 35.5. The van der Waals surface area contributed by atoms with Crippen LogP contribution in [0.2, 0.25) is 5.02 Å². The lowest BCUT2D eigenvalue weighted by atomic mass is 9.94. The number of rotatable bonds is 5. The Morgan fingerprint density at radius 2 is 2.00 bits per heavy atom. The number of ether oxygens (including phenoxy) is 2. The van der Waals surface area contributed by atoms with Crippen molar-refractivity contribution in [1.82, 2.24) is 10.2 Å². The lowest BCUT2D eigenvalue weighted by molar-refractivity contribution is 0.0437. The van der Waals surface area contributed by atoms with Gasteiger partial charge in [-0.25, -0.2) is 4.79 Å². The third kappa shape index (κ3) is 7.12. The first-order valence-electron chi connectivity index (χ1n) is 8.83. The Balaban J connectivity index is 1.70. The summed E-state index contributed by atoms with van der Waals surface area (Å²) in [4.78, 5) is 14.3. The minimum absolute atomic E-state index is 0.156. The maximum absolute atomic E-state index is 11.9. The van der Waals surface area contributed by atoms with E-state index in [1.54, 1.807) is 0 Å². The molecular weight excluding hydrogens is 340 g/mol. The Hall–Kier alpha value is -1.46. The van der Waals surface area contributed by atoms with Gasteiger partial charge in [-0.1, -0.05) is 18.5 Å². The molecule has 0 radical (unpaired) electrons. The Bertz CT molecular complexity index is 557. The van der Waals surface area contributed by atoms with Crippen molar-refractivity contribution < 1.29 is 14.3 Å². The zero-order valence-electron chi connectivity index (χ0n) is 15.5. The van der Waals surface area contributed by atoms with Gasteiger partial charge in [-0.2, -0.15) is 0 Å². The molecule has 1 N–H and O–H groups in total. The number of hydrogen-bond donors (Lipinski definition) is 1. The number of halogens is 1. The first-order chi connectivity index (χ1) is 11.7. The highest BCUT2D eigenvalue weighted by Gasteiger charge is 2.28. The molecule has 0 bridgehead atoms. The van der Waals surface area contributed by atoms with E-state index >= 15 is 0 Å². The molecule has 2 atom stereocenters. The van der Waals surface area contributed by atoms with Crippen molar-refractivity contribution in [2.45, 2.75) is 45.8 Å². The molecule has 25 heavy (non-hydrogen) atoms. The third-order valence-electron chi connectivity index (χ3n) is 4.18. The molecule has 2 unspecified atom stereocenters. The van der Waals surface area contributed by atoms with E-state index in [0.29, 0.717) is 17.5 Å². The SMILES string of the molecule is CC1CN(CCOc2ccc(Cl)cc2)CCC1NC(=O)OC(C)(C)C. The predicted molar refractivity (Wildman–Crippen MR) is 100 cm³/mol. The van der Waals surface area contributed by atoms with Crippen LogP contribution in [0.4, 0.5) is 4.79 Å². The Labute approximate surface area is 155 Å². The maximum Gasteiger partial charge on any atom is 0.407 e. The summed E-state index contributed by atoms with van der Waals surface area (Å²) >= 11 is 5.87. The van der Waals surface area contributed by atoms with Crippen LogP contribution in [0.3, 0.4) is 0 Å². The van der Waals surface area contributed by atoms with Crippen molar-refractivity contribution in [3.05, 3.63) is 29.3 Å². The summed E-state index contributed by atoms with van der Waals surface area (Å²) in [6, 6.07) is 7.56. The molecule has 1 aliphatic heterocycles. The summed E-state index contributed by atoms with van der Waals surface area (Å²) in [6.07, 6.45) is 0.588. The summed E-state index contributed by atoms with van der Waals surface area (Å²) in [7, 11) is 0. The highest BCUT2D eigenvalue weighted by Crippen LogP contribution is 2.19. The first kappa shape index (κ1) is 19.9. The molecule has 1 aromatic carbocycles. The van der Waals surface area contributed by atoms with Gasteiger partial charge in [0.05, 0.1) is 0 Å². The summed E-state index contributed by atoms with van der Waals surface area (Å²) in [5, 5.41) is 3.71. The number of nitrogens with one attached hydrogen (secondary N) is 1. The Morgan fingerprint density at radius 1 is 1.32 bits per heavy atom. The third-order valence-corrected chi connectivity index (χ3v) is 4.43. The number of benzene rings is 1. The van der Waals surface area contributed by atoms with Gasteiger partial charge in [0, 0.05) is 30.7 Å². The fourth-order valence-corrected chi connectivity index (χ4v) is 3.06. The number of carbonyl (C=O) groups is 1. The van der Waals surface area contributed by atoms with Crippen LogP contribution < -0.4 is 10.1 Å². The number of alkyl carbamates (subject to hydrolysis) is 1. The molecule has 140 valence electrons. The van der Waals surface area contributed by atoms with Crippen molar-refractivity contribution in [2.75, 3.05) is 26.2 Å². The second kappa shape index (κ2) is 8.77. The predicted octanol–water partition coefficient (Wildman–Crippen LogP) is 3.95. The van der Waals surface area contributed by atoms with Crippen LogP contribution in [0, 0.1) is 5.92 Å². The van der Waals surface area contributed by atoms with Crippen LogP contribution in [-0.4, -0.2) is 48.9 Å². The Morgan fingerprint density at radius 3 is 2.60 bits per heavy atom. The van der Waals surface area contributed by atoms with Crippen molar-refractivity contribution in [3.63, 3.8) is 0 Å². The first-order valence-corrected chi connectivity index (χ1v) is 9.21. The van der Waals surface area contributed by atoms with Crippen molar-refractivity contribution >= 4 is 17.7 Å².